The van der Waals surface area contributed by atoms with Crippen LogP contribution in [0.25, 0.3) is 111 Å². The number of benzene rings is 2. The predicted octanol–water partition coefficient (Wildman–Crippen LogP) is 21.8. The van der Waals surface area contributed by atoms with Crippen LogP contribution in [0.1, 0.15) is 114 Å². The lowest BCUT2D eigenvalue weighted by Gasteiger charge is -2.13. The van der Waals surface area contributed by atoms with E-state index in [4.69, 9.17) is 42.1 Å². The summed E-state index contributed by atoms with van der Waals surface area (Å²) < 4.78 is 32.1. The topological polar surface area (TPSA) is 119 Å². The Kier molecular flexibility index (Phi) is 19.1. The first-order valence-electron chi connectivity index (χ1n) is 27.0. The molecular weight excluding hydrogens is 1150 g/mol. The van der Waals surface area contributed by atoms with Gasteiger partial charge in [-0.1, -0.05) is 79.1 Å². The molecule has 8 aromatic heterocycles. The minimum atomic E-state index is 0.0637. The molecule has 10 nitrogen and oxygen atoms in total. The number of nitriles is 2. The second-order valence-electron chi connectivity index (χ2n) is 18.9. The van der Waals surface area contributed by atoms with E-state index in [-0.39, 0.29) is 11.4 Å². The molecule has 0 fully saturated rings. The first-order valence-corrected chi connectivity index (χ1v) is 33.5. The molecule has 10 rings (SSSR count). The summed E-state index contributed by atoms with van der Waals surface area (Å²) in [5.41, 5.74) is 0.127. The molecule has 406 valence electrons. The summed E-state index contributed by atoms with van der Waals surface area (Å²) in [6.45, 7) is 25.9. The van der Waals surface area contributed by atoms with Gasteiger partial charge in [-0.3, -0.25) is 0 Å². The zero-order valence-electron chi connectivity index (χ0n) is 44.8. The van der Waals surface area contributed by atoms with Gasteiger partial charge in [-0.25, -0.2) is 30.2 Å². The van der Waals surface area contributed by atoms with Crippen LogP contribution in [0, 0.1) is 35.8 Å². The highest BCUT2D eigenvalue weighted by Gasteiger charge is 2.28. The van der Waals surface area contributed by atoms with Crippen LogP contribution in [-0.2, 0) is 0 Å². The quantitative estimate of drug-likeness (QED) is 0.0284. The van der Waals surface area contributed by atoms with Crippen LogP contribution in [-0.4, -0.2) is 36.4 Å². The number of thiazole rings is 2. The average molecular weight is 1210 g/mol. The van der Waals surface area contributed by atoms with Crippen molar-refractivity contribution in [3.63, 3.8) is 0 Å². The van der Waals surface area contributed by atoms with Crippen molar-refractivity contribution in [2.75, 3.05) is 26.4 Å². The fraction of sp³-hybridized carbons (Fsp3) is 0.323. The molecule has 2 aromatic carbocycles. The third kappa shape index (κ3) is 12.4. The van der Waals surface area contributed by atoms with Gasteiger partial charge in [-0.15, -0.1) is 90.7 Å². The van der Waals surface area contributed by atoms with Gasteiger partial charge < -0.3 is 18.9 Å². The second-order valence-corrected chi connectivity index (χ2v) is 27.4. The zero-order chi connectivity index (χ0) is 55.5. The van der Waals surface area contributed by atoms with Crippen molar-refractivity contribution in [2.24, 2.45) is 0 Å². The van der Waals surface area contributed by atoms with Gasteiger partial charge in [0.25, 0.3) is 11.4 Å². The van der Waals surface area contributed by atoms with E-state index in [1.807, 2.05) is 48.8 Å². The highest BCUT2D eigenvalue weighted by atomic mass is 32.1. The molecule has 0 atom stereocenters. The number of hydrogen-bond acceptors (Lipinski definition) is 16. The summed E-state index contributed by atoms with van der Waals surface area (Å²) in [6.07, 6.45) is 19.6. The Morgan fingerprint density at radius 1 is 0.438 bits per heavy atom. The molecule has 0 bridgehead atoms. The van der Waals surface area contributed by atoms with Crippen LogP contribution in [0.4, 0.5) is 0 Å². The molecule has 0 aliphatic carbocycles. The van der Waals surface area contributed by atoms with Crippen molar-refractivity contribution >= 4 is 143 Å². The van der Waals surface area contributed by atoms with E-state index >= 15 is 0 Å². The molecule has 0 spiro atoms. The van der Waals surface area contributed by atoms with E-state index in [0.29, 0.717) is 26.4 Å². The Balaban J connectivity index is 1.09. The van der Waals surface area contributed by atoms with E-state index in [9.17, 15) is 10.5 Å². The first kappa shape index (κ1) is 56.8. The Bertz CT molecular complexity index is 3640. The largest absolute Gasteiger partial charge is 0.491 e. The molecule has 18 heteroatoms. The summed E-state index contributed by atoms with van der Waals surface area (Å²) in [6, 6.07) is 21.0. The standard InChI is InChI=1S/C62H56N6O4S8/c1-7-11-15-23-69-53-41-29-47(75-57(41)55(71-25-17-13-9-3)43-31-49(77-59(43)53)61-67-35-51(79-61)45-21-19-39(73-45)27-37(33-63)65-5)48-30-42-54(70-24-16-12-8-2)60-44(56(58(42)76-48)72-26-18-14-10-4)32-50(78-60)62-68-36-52(80-62)46-22-20-40(74-46)28-38(34-64)66-6/h19-22,27-32,35-36H,7-18,23-26H2,1-4H3/b37-27-,38-28+. The highest BCUT2D eigenvalue weighted by Crippen LogP contribution is 2.57. The molecule has 0 aliphatic heterocycles. The van der Waals surface area contributed by atoms with E-state index < -0.39 is 0 Å². The monoisotopic (exact) mass is 1200 g/mol. The van der Waals surface area contributed by atoms with E-state index in [0.717, 1.165) is 199 Å². The molecule has 0 saturated heterocycles. The van der Waals surface area contributed by atoms with Crippen LogP contribution in [0.3, 0.4) is 0 Å². The number of ether oxygens (including phenoxy) is 4. The van der Waals surface area contributed by atoms with E-state index in [2.05, 4.69) is 61.7 Å². The first-order chi connectivity index (χ1) is 39.3. The minimum Gasteiger partial charge on any atom is -0.491 e. The third-order valence-electron chi connectivity index (χ3n) is 13.2. The molecular formula is C62H56N6O4S8. The normalized spacial score (nSPS) is 11.9. The number of allylic oxidation sites excluding steroid dienone is 2. The van der Waals surface area contributed by atoms with E-state index in [1.54, 1.807) is 103 Å². The van der Waals surface area contributed by atoms with Crippen LogP contribution in [0.2, 0.25) is 0 Å². The molecule has 8 heterocycles. The SMILES string of the molecule is [C-]#[N+]/C(C#N)=C\c1ccc(-c2cnc(-c3cc4c(OCCCCC)c5sc(-c6cc7c(OCCCCC)c8sc(-c9ncc(-c%10ccc(/C=C(\C#N)[N+]#[C-])s%10)s9)cc8c(OCCCCC)c7s6)cc5c(OCCCCC)c4s3)s2)s1. The lowest BCUT2D eigenvalue weighted by atomic mass is 10.1. The molecule has 10 aromatic rings. The molecule has 0 amide bonds. The van der Waals surface area contributed by atoms with Crippen LogP contribution < -0.4 is 18.9 Å². The van der Waals surface area contributed by atoms with Gasteiger partial charge in [-0.2, -0.15) is 0 Å². The lowest BCUT2D eigenvalue weighted by molar-refractivity contribution is 0.309. The van der Waals surface area contributed by atoms with Crippen molar-refractivity contribution in [1.29, 1.82) is 10.5 Å². The molecule has 0 unspecified atom stereocenters. The van der Waals surface area contributed by atoms with Gasteiger partial charge >= 0.3 is 0 Å². The predicted molar refractivity (Wildman–Crippen MR) is 343 cm³/mol. The zero-order valence-corrected chi connectivity index (χ0v) is 51.4. The average Bonchev–Trinajstić information content (AvgIpc) is 4.47. The number of nitrogens with zero attached hydrogens (tertiary/aromatic N) is 6. The second kappa shape index (κ2) is 26.9. The smallest absolute Gasteiger partial charge is 0.263 e. The molecule has 80 heavy (non-hydrogen) atoms. The van der Waals surface area contributed by atoms with Gasteiger partial charge in [0.1, 0.15) is 33.0 Å². The van der Waals surface area contributed by atoms with Crippen molar-refractivity contribution in [2.45, 2.75) is 105 Å². The lowest BCUT2D eigenvalue weighted by Crippen LogP contribution is -2.00. The summed E-state index contributed by atoms with van der Waals surface area (Å²) in [5, 5.41) is 24.7. The van der Waals surface area contributed by atoms with E-state index in [1.165, 1.54) is 0 Å². The Morgan fingerprint density at radius 2 is 0.762 bits per heavy atom. The minimum absolute atomic E-state index is 0.0637. The Hall–Kier alpha value is -6.42. The number of unbranched alkanes of at least 4 members (excludes halogenated alkanes) is 8. The number of hydrogen-bond donors (Lipinski definition) is 0. The summed E-state index contributed by atoms with van der Waals surface area (Å²) in [4.78, 5) is 26.8. The van der Waals surface area contributed by atoms with Crippen LogP contribution >= 0.6 is 90.7 Å². The molecule has 0 radical (unpaired) electrons. The fourth-order valence-electron chi connectivity index (χ4n) is 9.11. The fourth-order valence-corrected chi connectivity index (χ4v) is 17.8. The summed E-state index contributed by atoms with van der Waals surface area (Å²) >= 11 is 13.3. The van der Waals surface area contributed by atoms with Gasteiger partial charge in [0.15, 0.2) is 0 Å². The maximum atomic E-state index is 9.35. The third-order valence-corrected chi connectivity index (χ3v) is 22.7. The van der Waals surface area contributed by atoms with Crippen LogP contribution in [0.15, 0.2) is 72.3 Å². The van der Waals surface area contributed by atoms with Gasteiger partial charge in [-0.05, 0) is 86.4 Å². The van der Waals surface area contributed by atoms with Crippen molar-refractivity contribution in [3.8, 4) is 84.2 Å². The van der Waals surface area contributed by atoms with Crippen LogP contribution in [0.5, 0.6) is 23.0 Å². The summed E-state index contributed by atoms with van der Waals surface area (Å²) in [7, 11) is 0. The number of rotatable bonds is 27. The molecule has 0 saturated carbocycles. The maximum Gasteiger partial charge on any atom is 0.263 e. The molecule has 0 N–H and O–H groups in total. The maximum absolute atomic E-state index is 9.35. The van der Waals surface area contributed by atoms with Crippen molar-refractivity contribution < 1.29 is 18.9 Å². The summed E-state index contributed by atoms with van der Waals surface area (Å²) in [5.74, 6) is 3.53. The van der Waals surface area contributed by atoms with Gasteiger partial charge in [0.05, 0.1) is 90.0 Å². The molecule has 0 aliphatic rings. The Labute approximate surface area is 498 Å². The number of fused-ring (bicyclic) bond motifs is 4. The number of thiophene rings is 6. The van der Waals surface area contributed by atoms with Crippen molar-refractivity contribution in [3.05, 3.63) is 105 Å². The van der Waals surface area contributed by atoms with Gasteiger partial charge in [0, 0.05) is 63.2 Å². The Morgan fingerprint density at radius 3 is 1.07 bits per heavy atom. The number of aromatic nitrogens is 2. The van der Waals surface area contributed by atoms with Gasteiger partial charge in [0.2, 0.25) is 0 Å². The van der Waals surface area contributed by atoms with Crippen molar-refractivity contribution in [1.82, 2.24) is 9.97 Å². The highest BCUT2D eigenvalue weighted by molar-refractivity contribution is 7.31.